The Labute approximate surface area is 454 Å². The molecule has 0 saturated heterocycles. The number of methoxy groups -OCH3 is 8. The van der Waals surface area contributed by atoms with Crippen LogP contribution in [0.25, 0.3) is 33.8 Å². The number of nitrogens with zero attached hydrogens (tertiary/aromatic N) is 4. The van der Waals surface area contributed by atoms with Crippen LogP contribution in [0.3, 0.4) is 0 Å². The molecule has 0 amide bonds. The summed E-state index contributed by atoms with van der Waals surface area (Å²) in [7, 11) is 13.2. The zero-order valence-corrected chi connectivity index (χ0v) is 44.8. The van der Waals surface area contributed by atoms with Gasteiger partial charge >= 0.3 is 68.5 Å². The van der Waals surface area contributed by atoms with E-state index >= 15 is 0 Å². The van der Waals surface area contributed by atoms with E-state index in [9.17, 15) is 26.3 Å². The number of benzene rings is 3. The normalized spacial score (nSPS) is 10.3. The first-order valence-electron chi connectivity index (χ1n) is 20.8. The minimum atomic E-state index is -0.746. The van der Waals surface area contributed by atoms with Gasteiger partial charge in [0.25, 0.3) is 0 Å². The molecule has 0 saturated carbocycles. The van der Waals surface area contributed by atoms with Crippen LogP contribution in [0.1, 0.15) is 17.1 Å². The van der Waals surface area contributed by atoms with Gasteiger partial charge in [0.15, 0.2) is 0 Å². The summed E-state index contributed by atoms with van der Waals surface area (Å²) >= 11 is 0. The monoisotopic (exact) mass is 1040 g/mol. The Morgan fingerprint density at radius 2 is 0.522 bits per heavy atom. The van der Waals surface area contributed by atoms with Crippen molar-refractivity contribution in [2.75, 3.05) is 110 Å². The quantitative estimate of drug-likeness (QED) is 0.0499. The molecule has 0 atom stereocenters. The fraction of sp³-hybridized carbons (Fsp3) is 0.388. The zero-order valence-electron chi connectivity index (χ0n) is 40.6. The fourth-order valence-electron chi connectivity index (χ4n) is 5.64. The summed E-state index contributed by atoms with van der Waals surface area (Å²) in [6.07, 6.45) is 0. The van der Waals surface area contributed by atoms with Crippen molar-refractivity contribution in [3.8, 4) is 33.8 Å². The molecule has 0 N–H and O–H groups in total. The van der Waals surface area contributed by atoms with Gasteiger partial charge in [-0.05, 0) is 36.4 Å². The number of halogens is 6. The maximum atomic E-state index is 14.4. The van der Waals surface area contributed by atoms with Crippen molar-refractivity contribution in [1.29, 1.82) is 0 Å². The largest absolute Gasteiger partial charge is 3.00 e. The molecule has 3 aromatic heterocycles. The van der Waals surface area contributed by atoms with Gasteiger partial charge in [0.2, 0.25) is 0 Å². The smallest absolute Gasteiger partial charge is 0.660 e. The number of hydrogen-bond donors (Lipinski definition) is 0. The Hall–Kier alpha value is -3.12. The Morgan fingerprint density at radius 1 is 0.333 bits per heavy atom. The van der Waals surface area contributed by atoms with Crippen LogP contribution >= 0.6 is 0 Å². The summed E-state index contributed by atoms with van der Waals surface area (Å²) in [5.74, 6) is -4.48. The first kappa shape index (κ1) is 65.9. The molecule has 0 unspecified atom stereocenters. The number of ether oxygens (including phenoxy) is 8. The van der Waals surface area contributed by atoms with Gasteiger partial charge < -0.3 is 52.8 Å². The van der Waals surface area contributed by atoms with E-state index in [0.717, 1.165) is 36.4 Å². The van der Waals surface area contributed by atoms with Crippen LogP contribution in [0.15, 0.2) is 91.0 Å². The van der Waals surface area contributed by atoms with Crippen molar-refractivity contribution >= 4 is 0 Å². The molecule has 20 heteroatoms. The molecule has 0 aliphatic rings. The van der Waals surface area contributed by atoms with Crippen LogP contribution in [0.4, 0.5) is 26.3 Å². The van der Waals surface area contributed by atoms with Crippen LogP contribution in [-0.2, 0) is 74.6 Å². The predicted octanol–water partition coefficient (Wildman–Crippen LogP) is 5.71. The van der Waals surface area contributed by atoms with E-state index < -0.39 is 34.9 Å². The third-order valence-electron chi connectivity index (χ3n) is 8.87. The minimum Gasteiger partial charge on any atom is -0.660 e. The van der Waals surface area contributed by atoms with Gasteiger partial charge in [-0.3, -0.25) is 4.90 Å². The second-order valence-electron chi connectivity index (χ2n) is 13.8. The Balaban J connectivity index is 0.00000147. The van der Waals surface area contributed by atoms with Crippen molar-refractivity contribution in [2.24, 2.45) is 0 Å². The van der Waals surface area contributed by atoms with E-state index in [4.69, 9.17) is 0 Å². The van der Waals surface area contributed by atoms with Gasteiger partial charge in [-0.15, -0.1) is 34.2 Å². The van der Waals surface area contributed by atoms with Crippen LogP contribution in [0.2, 0.25) is 0 Å². The molecule has 3 aromatic carbocycles. The summed E-state index contributed by atoms with van der Waals surface area (Å²) < 4.78 is 123. The second-order valence-corrected chi connectivity index (χ2v) is 13.8. The zero-order chi connectivity index (χ0) is 49.4. The molecule has 0 spiro atoms. The molecule has 375 valence electrons. The first-order valence-corrected chi connectivity index (χ1v) is 20.8. The molecule has 12 nitrogen and oxygen atoms in total. The maximum absolute atomic E-state index is 14.4. The molecular formula is C49H61F6FeKN4O8+. The summed E-state index contributed by atoms with van der Waals surface area (Å²) in [6, 6.07) is 20.1. The molecule has 0 aliphatic heterocycles. The van der Waals surface area contributed by atoms with Crippen molar-refractivity contribution in [3.63, 3.8) is 0 Å². The Morgan fingerprint density at radius 3 is 0.696 bits per heavy atom. The molecule has 1 radical (unpaired) electrons. The molecule has 69 heavy (non-hydrogen) atoms. The van der Waals surface area contributed by atoms with Gasteiger partial charge in [0.05, 0.1) is 52.9 Å². The molecule has 6 rings (SSSR count). The molecule has 3 heterocycles. The van der Waals surface area contributed by atoms with Crippen molar-refractivity contribution in [3.05, 3.63) is 143 Å². The van der Waals surface area contributed by atoms with Gasteiger partial charge in [0, 0.05) is 93.2 Å². The van der Waals surface area contributed by atoms with Gasteiger partial charge in [-0.1, -0.05) is 54.6 Å². The minimum absolute atomic E-state index is 0. The molecule has 0 fully saturated rings. The van der Waals surface area contributed by atoms with Crippen molar-refractivity contribution in [2.45, 2.75) is 19.6 Å². The topological polar surface area (TPSA) is 119 Å². The SMILES string of the molecule is COCCOC.COCCOC.COCCOC.COCCOC.Fc1cccc(F)c1-c1ccc(CN(Cc2ccc(-c3c(F)cccc3F)[n-]2)Cc2ccc(-c3c(F)cccc3F)[n-]2)[n-]1.[Fe+3].[K+]. The number of hydrogen-bond acceptors (Lipinski definition) is 9. The van der Waals surface area contributed by atoms with Crippen LogP contribution in [0, 0.1) is 34.9 Å². The predicted molar refractivity (Wildman–Crippen MR) is 243 cm³/mol. The molecular weight excluding hydrogens is 981 g/mol. The number of rotatable bonds is 21. The van der Waals surface area contributed by atoms with Crippen molar-refractivity contribution in [1.82, 2.24) is 19.9 Å². The average Bonchev–Trinajstić information content (AvgIpc) is 4.09. The van der Waals surface area contributed by atoms with E-state index in [0.29, 0.717) is 69.9 Å². The van der Waals surface area contributed by atoms with E-state index in [1.54, 1.807) is 75.1 Å². The van der Waals surface area contributed by atoms with E-state index in [-0.39, 0.29) is 122 Å². The van der Waals surface area contributed by atoms with E-state index in [1.807, 2.05) is 4.90 Å². The number of aromatic nitrogens is 3. The standard InChI is InChI=1S/C33H21F6N4.4C4H10O2.Fe.K/c34-22-4-1-5-23(35)31(22)28-13-10-19(40-28)16-43(17-20-11-14-29(41-20)32-24(36)6-2-7-25(32)37)18-21-12-15-30(42-21)33-26(38)8-3-9-27(33)39;4*1-5-3-4-6-2;;/h1-15H,16-18H2;4*3-4H2,1-2H3;;/q-3;;;;;+3;+1. The van der Waals surface area contributed by atoms with Crippen LogP contribution in [0.5, 0.6) is 0 Å². The first-order chi connectivity index (χ1) is 32.4. The van der Waals surface area contributed by atoms with Gasteiger partial charge in [0.1, 0.15) is 34.9 Å². The third kappa shape index (κ3) is 24.7. The van der Waals surface area contributed by atoms with Gasteiger partial charge in [-0.25, -0.2) is 26.3 Å². The Kier molecular flexibility index (Phi) is 37.7. The summed E-state index contributed by atoms with van der Waals surface area (Å²) in [5, 5.41) is 0. The van der Waals surface area contributed by atoms with E-state index in [2.05, 4.69) is 52.8 Å². The average molecular weight is 1040 g/mol. The molecule has 6 aromatic rings. The molecule has 0 bridgehead atoms. The van der Waals surface area contributed by atoms with Gasteiger partial charge in [-0.2, -0.15) is 0 Å². The third-order valence-corrected chi connectivity index (χ3v) is 8.87. The fourth-order valence-corrected chi connectivity index (χ4v) is 5.64. The van der Waals surface area contributed by atoms with Crippen LogP contribution < -0.4 is 66.3 Å². The second kappa shape index (κ2) is 39.5. The summed E-state index contributed by atoms with van der Waals surface area (Å²) in [5.41, 5.74) is 1.08. The summed E-state index contributed by atoms with van der Waals surface area (Å²) in [6.45, 7) is 6.04. The summed E-state index contributed by atoms with van der Waals surface area (Å²) in [4.78, 5) is 15.1. The van der Waals surface area contributed by atoms with Crippen LogP contribution in [-0.4, -0.2) is 115 Å². The van der Waals surface area contributed by atoms with E-state index in [1.165, 1.54) is 36.4 Å². The van der Waals surface area contributed by atoms with Crippen molar-refractivity contribution < 1.29 is 133 Å². The Bertz CT molecular complexity index is 1910. The maximum Gasteiger partial charge on any atom is 3.00 e. The molecule has 0 aliphatic carbocycles.